The van der Waals surface area contributed by atoms with Crippen LogP contribution in [0.3, 0.4) is 0 Å². The van der Waals surface area contributed by atoms with E-state index in [0.717, 1.165) is 44.5 Å². The maximum atomic E-state index is 11.5. The number of hydrogen-bond acceptors (Lipinski definition) is 2. The van der Waals surface area contributed by atoms with Gasteiger partial charge in [0.05, 0.1) is 0 Å². The summed E-state index contributed by atoms with van der Waals surface area (Å²) in [4.78, 5) is 13.5. The van der Waals surface area contributed by atoms with Gasteiger partial charge in [-0.05, 0) is 30.4 Å². The van der Waals surface area contributed by atoms with Crippen LogP contribution < -0.4 is 0 Å². The van der Waals surface area contributed by atoms with Crippen LogP contribution in [-0.2, 0) is 4.79 Å². The lowest BCUT2D eigenvalue weighted by atomic mass is 9.84. The van der Waals surface area contributed by atoms with Crippen molar-refractivity contribution in [3.05, 3.63) is 0 Å². The van der Waals surface area contributed by atoms with Gasteiger partial charge in [0.15, 0.2) is 0 Å². The van der Waals surface area contributed by atoms with E-state index in [-0.39, 0.29) is 5.41 Å². The van der Waals surface area contributed by atoms with Gasteiger partial charge in [-0.1, -0.05) is 13.8 Å². The average Bonchev–Trinajstić information content (AvgIpc) is 2.61. The highest BCUT2D eigenvalue weighted by atomic mass is 32.1. The molecule has 1 amide bonds. The molecule has 0 spiro atoms. The van der Waals surface area contributed by atoms with Crippen molar-refractivity contribution < 1.29 is 4.79 Å². The van der Waals surface area contributed by atoms with Crippen LogP contribution in [0.4, 0.5) is 0 Å². The van der Waals surface area contributed by atoms with E-state index < -0.39 is 0 Å². The third-order valence-corrected chi connectivity index (χ3v) is 4.20. The molecule has 0 radical (unpaired) electrons. The zero-order valence-electron chi connectivity index (χ0n) is 9.25. The van der Waals surface area contributed by atoms with E-state index in [1.54, 1.807) is 0 Å². The predicted octanol–water partition coefficient (Wildman–Crippen LogP) is 2.35. The number of rotatable bonds is 5. The summed E-state index contributed by atoms with van der Waals surface area (Å²) in [6.07, 6.45) is 4.00. The number of carbonyl (C=O) groups excluding carboxylic acids is 1. The highest BCUT2D eigenvalue weighted by Gasteiger charge is 2.31. The van der Waals surface area contributed by atoms with Crippen LogP contribution >= 0.6 is 12.6 Å². The molecule has 0 atom stereocenters. The quantitative estimate of drug-likeness (QED) is 0.698. The van der Waals surface area contributed by atoms with Crippen molar-refractivity contribution in [2.75, 3.05) is 18.8 Å². The number of amides is 1. The molecule has 1 heterocycles. The van der Waals surface area contributed by atoms with Crippen LogP contribution in [-0.4, -0.2) is 29.6 Å². The van der Waals surface area contributed by atoms with Crippen molar-refractivity contribution in [1.82, 2.24) is 4.90 Å². The average molecular weight is 215 g/mol. The Morgan fingerprint density at radius 1 is 1.43 bits per heavy atom. The van der Waals surface area contributed by atoms with E-state index in [0.29, 0.717) is 5.91 Å². The first-order valence-corrected chi connectivity index (χ1v) is 6.19. The van der Waals surface area contributed by atoms with Gasteiger partial charge < -0.3 is 4.90 Å². The Bertz CT molecular complexity index is 193. The minimum absolute atomic E-state index is 0.239. The molecule has 1 fully saturated rings. The Kier molecular flexibility index (Phi) is 4.30. The molecule has 14 heavy (non-hydrogen) atoms. The molecule has 0 aromatic heterocycles. The molecule has 0 unspecified atom stereocenters. The van der Waals surface area contributed by atoms with Crippen LogP contribution in [0.2, 0.25) is 0 Å². The largest absolute Gasteiger partial charge is 0.342 e. The van der Waals surface area contributed by atoms with Gasteiger partial charge in [-0.3, -0.25) is 4.79 Å². The molecule has 0 bridgehead atoms. The minimum atomic E-state index is 0.239. The molecule has 0 aliphatic carbocycles. The van der Waals surface area contributed by atoms with Gasteiger partial charge in [0, 0.05) is 19.5 Å². The van der Waals surface area contributed by atoms with Crippen LogP contribution in [0.1, 0.15) is 39.5 Å². The van der Waals surface area contributed by atoms with Crippen LogP contribution in [0.25, 0.3) is 0 Å². The number of likely N-dealkylation sites (tertiary alicyclic amines) is 1. The minimum Gasteiger partial charge on any atom is -0.342 e. The maximum Gasteiger partial charge on any atom is 0.222 e. The van der Waals surface area contributed by atoms with Crippen LogP contribution in [0, 0.1) is 5.41 Å². The molecule has 1 aliphatic heterocycles. The van der Waals surface area contributed by atoms with Crippen molar-refractivity contribution in [1.29, 1.82) is 0 Å². The van der Waals surface area contributed by atoms with Crippen molar-refractivity contribution in [3.63, 3.8) is 0 Å². The number of carbonyl (C=O) groups is 1. The molecule has 3 heteroatoms. The normalized spacial score (nSPS) is 17.9. The highest BCUT2D eigenvalue weighted by molar-refractivity contribution is 7.80. The lowest BCUT2D eigenvalue weighted by Crippen LogP contribution is -2.39. The summed E-state index contributed by atoms with van der Waals surface area (Å²) >= 11 is 4.43. The van der Waals surface area contributed by atoms with E-state index in [9.17, 15) is 4.79 Å². The van der Waals surface area contributed by atoms with Gasteiger partial charge in [0.25, 0.3) is 0 Å². The fourth-order valence-corrected chi connectivity index (χ4v) is 2.57. The summed E-state index contributed by atoms with van der Waals surface area (Å²) in [6, 6.07) is 0. The lowest BCUT2D eigenvalue weighted by molar-refractivity contribution is -0.129. The van der Waals surface area contributed by atoms with E-state index in [1.807, 2.05) is 4.90 Å². The third-order valence-electron chi connectivity index (χ3n) is 3.53. The summed E-state index contributed by atoms with van der Waals surface area (Å²) in [5, 5.41) is 0. The Hall–Kier alpha value is -0.180. The summed E-state index contributed by atoms with van der Waals surface area (Å²) in [7, 11) is 0. The summed E-state index contributed by atoms with van der Waals surface area (Å²) < 4.78 is 0. The van der Waals surface area contributed by atoms with E-state index in [1.165, 1.54) is 0 Å². The second-order valence-corrected chi connectivity index (χ2v) is 4.60. The van der Waals surface area contributed by atoms with Gasteiger partial charge in [-0.2, -0.15) is 12.6 Å². The first-order chi connectivity index (χ1) is 6.67. The van der Waals surface area contributed by atoms with E-state index in [2.05, 4.69) is 26.5 Å². The monoisotopic (exact) mass is 215 g/mol. The highest BCUT2D eigenvalue weighted by Crippen LogP contribution is 2.30. The molecule has 1 rings (SSSR count). The first-order valence-electron chi connectivity index (χ1n) is 5.56. The zero-order valence-corrected chi connectivity index (χ0v) is 10.1. The number of hydrogen-bond donors (Lipinski definition) is 1. The summed E-state index contributed by atoms with van der Waals surface area (Å²) in [5.41, 5.74) is 0.239. The SMILES string of the molecule is CCC(CC)(CS)CN1CCCC1=O. The fourth-order valence-electron chi connectivity index (χ4n) is 2.02. The third kappa shape index (κ3) is 2.44. The van der Waals surface area contributed by atoms with Gasteiger partial charge in [-0.15, -0.1) is 0 Å². The number of thiol groups is 1. The van der Waals surface area contributed by atoms with Gasteiger partial charge in [-0.25, -0.2) is 0 Å². The van der Waals surface area contributed by atoms with E-state index in [4.69, 9.17) is 0 Å². The van der Waals surface area contributed by atoms with Crippen molar-refractivity contribution in [2.45, 2.75) is 39.5 Å². The number of nitrogens with zero attached hydrogens (tertiary/aromatic N) is 1. The standard InChI is InChI=1S/C11H21NOS/c1-3-11(4-2,9-14)8-12-7-5-6-10(12)13/h14H,3-9H2,1-2H3. The molecule has 1 saturated heterocycles. The molecule has 2 nitrogen and oxygen atoms in total. The molecular formula is C11H21NOS. The Labute approximate surface area is 92.5 Å². The molecule has 0 saturated carbocycles. The molecule has 1 aliphatic rings. The topological polar surface area (TPSA) is 20.3 Å². The van der Waals surface area contributed by atoms with Crippen molar-refractivity contribution >= 4 is 18.5 Å². The Morgan fingerprint density at radius 3 is 2.43 bits per heavy atom. The van der Waals surface area contributed by atoms with Gasteiger partial charge in [0.2, 0.25) is 5.91 Å². The fraction of sp³-hybridized carbons (Fsp3) is 0.909. The molecule has 0 aromatic carbocycles. The van der Waals surface area contributed by atoms with Gasteiger partial charge >= 0.3 is 0 Å². The Morgan fingerprint density at radius 2 is 2.07 bits per heavy atom. The van der Waals surface area contributed by atoms with Crippen LogP contribution in [0.15, 0.2) is 0 Å². The van der Waals surface area contributed by atoms with Crippen molar-refractivity contribution in [3.8, 4) is 0 Å². The zero-order chi connectivity index (χ0) is 10.6. The van der Waals surface area contributed by atoms with Crippen molar-refractivity contribution in [2.24, 2.45) is 5.41 Å². The van der Waals surface area contributed by atoms with Crippen LogP contribution in [0.5, 0.6) is 0 Å². The summed E-state index contributed by atoms with van der Waals surface area (Å²) in [6.45, 7) is 6.25. The Balaban J connectivity index is 2.58. The smallest absolute Gasteiger partial charge is 0.222 e. The second-order valence-electron chi connectivity index (χ2n) is 4.28. The lowest BCUT2D eigenvalue weighted by Gasteiger charge is -2.34. The summed E-state index contributed by atoms with van der Waals surface area (Å²) in [5.74, 6) is 1.21. The molecule has 0 N–H and O–H groups in total. The molecule has 82 valence electrons. The van der Waals surface area contributed by atoms with E-state index >= 15 is 0 Å². The molecular weight excluding hydrogens is 194 g/mol. The second kappa shape index (κ2) is 5.06. The predicted molar refractivity (Wildman–Crippen MR) is 62.7 cm³/mol. The maximum absolute atomic E-state index is 11.5. The molecule has 0 aromatic rings. The van der Waals surface area contributed by atoms with Gasteiger partial charge in [0.1, 0.15) is 0 Å². The first kappa shape index (κ1) is 11.9.